The molecule has 6 aliphatic carbocycles. The predicted octanol–water partition coefficient (Wildman–Crippen LogP) is 15.2. The molecule has 316 valence electrons. The Hall–Kier alpha value is -8.08. The van der Waals surface area contributed by atoms with E-state index in [0.717, 1.165) is 0 Å². The van der Waals surface area contributed by atoms with Crippen LogP contribution in [0.1, 0.15) is 117 Å². The Bertz CT molecular complexity index is 4590. The van der Waals surface area contributed by atoms with Crippen molar-refractivity contribution in [1.82, 2.24) is 18.8 Å². The van der Waals surface area contributed by atoms with Gasteiger partial charge in [-0.15, -0.1) is 0 Å². The Morgan fingerprint density at radius 3 is 1.32 bits per heavy atom. The Morgan fingerprint density at radius 2 is 0.794 bits per heavy atom. The molecule has 68 heavy (non-hydrogen) atoms. The van der Waals surface area contributed by atoms with E-state index in [9.17, 15) is 0 Å². The molecule has 6 heterocycles. The standard InChI is InChI=1S/C64H40N4/c1-64(2,3)32-25-45-43-28-48-42(27-47(43)67-49-29-65-60-53-38-20-10-6-16-34(38)51(35-17-7-11-21-39(35)53)58(60)55(49)46(26-32)62(45)67)44-24-31-14-4-5-15-33(31)56-57-50(68(48)63(44)56)30-66-61-54-40-22-12-8-18-36(40)52(59(57)61)37-19-9-13-23-41(37)54/h4-30,51-54H,1-3H3. The summed E-state index contributed by atoms with van der Waals surface area (Å²) in [4.78, 5) is 11.1. The normalized spacial score (nSPS) is 18.8. The third-order valence-corrected chi connectivity index (χ3v) is 17.5. The molecule has 20 rings (SSSR count). The molecule has 0 spiro atoms. The van der Waals surface area contributed by atoms with Crippen LogP contribution in [0.15, 0.2) is 164 Å². The van der Waals surface area contributed by atoms with Crippen molar-refractivity contribution >= 4 is 87.0 Å². The maximum absolute atomic E-state index is 5.56. The number of aromatic nitrogens is 4. The van der Waals surface area contributed by atoms with E-state index < -0.39 is 0 Å². The SMILES string of the molecule is CC(C)(C)c1cc2c3cc4c(cc3n3c5cnc6c(c5c(c1)c23)C1c2ccccc2C6c2ccccc21)c1cc2ccccc2c2c3c5c(ncc3n4c12)C1c2ccccc2C5c2ccccc21. The summed E-state index contributed by atoms with van der Waals surface area (Å²) in [5, 5.41) is 13.1. The first-order valence-corrected chi connectivity index (χ1v) is 24.4. The molecule has 4 bridgehead atoms. The van der Waals surface area contributed by atoms with Crippen molar-refractivity contribution in [1.29, 1.82) is 0 Å². The highest BCUT2D eigenvalue weighted by Crippen LogP contribution is 2.60. The number of pyridine rings is 2. The Balaban J connectivity index is 0.996. The number of hydrogen-bond donors (Lipinski definition) is 0. The van der Waals surface area contributed by atoms with Gasteiger partial charge in [0, 0.05) is 54.9 Å². The van der Waals surface area contributed by atoms with Crippen LogP contribution < -0.4 is 0 Å². The van der Waals surface area contributed by atoms with E-state index in [-0.39, 0.29) is 29.1 Å². The van der Waals surface area contributed by atoms with Crippen molar-refractivity contribution in [3.8, 4) is 0 Å². The van der Waals surface area contributed by atoms with Gasteiger partial charge in [0.15, 0.2) is 0 Å². The summed E-state index contributed by atoms with van der Waals surface area (Å²) in [5.41, 5.74) is 25.3. The van der Waals surface area contributed by atoms with Gasteiger partial charge in [-0.25, -0.2) is 0 Å². The maximum Gasteiger partial charge on any atom is 0.0728 e. The first kappa shape index (κ1) is 35.2. The highest BCUT2D eigenvalue weighted by molar-refractivity contribution is 6.34. The summed E-state index contributed by atoms with van der Waals surface area (Å²) in [6, 6.07) is 58.2. The molecule has 0 unspecified atom stereocenters. The third kappa shape index (κ3) is 3.78. The minimum atomic E-state index is -0.0651. The topological polar surface area (TPSA) is 34.6 Å². The summed E-state index contributed by atoms with van der Waals surface area (Å²) in [6.07, 6.45) is 4.43. The van der Waals surface area contributed by atoms with E-state index in [0.29, 0.717) is 0 Å². The molecule has 0 N–H and O–H groups in total. The van der Waals surface area contributed by atoms with E-state index in [1.54, 1.807) is 0 Å². The van der Waals surface area contributed by atoms with Gasteiger partial charge in [0.2, 0.25) is 0 Å². The number of rotatable bonds is 0. The Kier molecular flexibility index (Phi) is 5.87. The molecule has 0 saturated carbocycles. The van der Waals surface area contributed by atoms with Gasteiger partial charge in [0.25, 0.3) is 0 Å². The van der Waals surface area contributed by atoms with E-state index in [1.807, 2.05) is 0 Å². The van der Waals surface area contributed by atoms with E-state index in [2.05, 4.69) is 194 Å². The van der Waals surface area contributed by atoms with Crippen LogP contribution in [0.5, 0.6) is 0 Å². The molecule has 6 aromatic heterocycles. The largest absolute Gasteiger partial charge is 0.306 e. The lowest BCUT2D eigenvalue weighted by Gasteiger charge is -2.41. The molecule has 14 aromatic rings. The third-order valence-electron chi connectivity index (χ3n) is 17.5. The number of nitrogens with zero attached hydrogens (tertiary/aromatic N) is 4. The number of hydrogen-bond acceptors (Lipinski definition) is 2. The highest BCUT2D eigenvalue weighted by Gasteiger charge is 2.46. The van der Waals surface area contributed by atoms with Gasteiger partial charge in [-0.1, -0.05) is 142 Å². The first-order valence-electron chi connectivity index (χ1n) is 24.4. The summed E-state index contributed by atoms with van der Waals surface area (Å²) in [6.45, 7) is 7.10. The summed E-state index contributed by atoms with van der Waals surface area (Å²) in [7, 11) is 0. The molecule has 0 radical (unpaired) electrons. The zero-order valence-electron chi connectivity index (χ0n) is 37.7. The van der Waals surface area contributed by atoms with Crippen LogP contribution in [-0.2, 0) is 5.41 Å². The lowest BCUT2D eigenvalue weighted by molar-refractivity contribution is 0.592. The van der Waals surface area contributed by atoms with Crippen LogP contribution >= 0.6 is 0 Å². The first-order chi connectivity index (χ1) is 33.4. The molecular formula is C64H40N4. The van der Waals surface area contributed by atoms with Gasteiger partial charge in [0.1, 0.15) is 0 Å². The van der Waals surface area contributed by atoms with Gasteiger partial charge >= 0.3 is 0 Å². The molecule has 0 atom stereocenters. The molecule has 0 fully saturated rings. The van der Waals surface area contributed by atoms with E-state index >= 15 is 0 Å². The minimum absolute atomic E-state index is 0.0651. The minimum Gasteiger partial charge on any atom is -0.306 e. The van der Waals surface area contributed by atoms with Crippen LogP contribution in [0.2, 0.25) is 0 Å². The fourth-order valence-electron chi connectivity index (χ4n) is 14.9. The van der Waals surface area contributed by atoms with Crippen LogP contribution in [0.4, 0.5) is 0 Å². The lowest BCUT2D eigenvalue weighted by atomic mass is 9.62. The fourth-order valence-corrected chi connectivity index (χ4v) is 14.9. The van der Waals surface area contributed by atoms with Gasteiger partial charge in [0.05, 0.1) is 68.7 Å². The van der Waals surface area contributed by atoms with Crippen molar-refractivity contribution in [2.24, 2.45) is 0 Å². The van der Waals surface area contributed by atoms with Crippen molar-refractivity contribution in [3.63, 3.8) is 0 Å². The average molecular weight is 865 g/mol. The lowest BCUT2D eigenvalue weighted by Crippen LogP contribution is -2.28. The van der Waals surface area contributed by atoms with Gasteiger partial charge in [-0.05, 0) is 108 Å². The second-order valence-electron chi connectivity index (χ2n) is 21.5. The van der Waals surface area contributed by atoms with E-state index in [4.69, 9.17) is 9.97 Å². The van der Waals surface area contributed by atoms with Crippen molar-refractivity contribution < 1.29 is 0 Å². The van der Waals surface area contributed by atoms with Crippen molar-refractivity contribution in [2.75, 3.05) is 0 Å². The summed E-state index contributed by atoms with van der Waals surface area (Å²) in [5.74, 6) is 0.469. The summed E-state index contributed by atoms with van der Waals surface area (Å²) >= 11 is 0. The van der Waals surface area contributed by atoms with Crippen molar-refractivity contribution in [3.05, 3.63) is 237 Å². The van der Waals surface area contributed by atoms with Crippen LogP contribution in [0, 0.1) is 0 Å². The molecule has 6 aliphatic rings. The van der Waals surface area contributed by atoms with Crippen LogP contribution in [-0.4, -0.2) is 18.8 Å². The van der Waals surface area contributed by atoms with Gasteiger partial charge in [-0.3, -0.25) is 9.97 Å². The van der Waals surface area contributed by atoms with E-state index in [1.165, 1.54) is 160 Å². The quantitative estimate of drug-likeness (QED) is 0.152. The Morgan fingerprint density at radius 1 is 0.368 bits per heavy atom. The smallest absolute Gasteiger partial charge is 0.0728 e. The molecule has 0 aliphatic heterocycles. The van der Waals surface area contributed by atoms with Crippen LogP contribution in [0.3, 0.4) is 0 Å². The van der Waals surface area contributed by atoms with Gasteiger partial charge in [-0.2, -0.15) is 0 Å². The molecule has 8 aromatic carbocycles. The Labute approximate surface area is 390 Å². The highest BCUT2D eigenvalue weighted by atomic mass is 15.0. The molecule has 0 amide bonds. The number of fused-ring (bicyclic) bond motifs is 14. The molecule has 0 saturated heterocycles. The average Bonchev–Trinajstić information content (AvgIpc) is 4.10. The van der Waals surface area contributed by atoms with Gasteiger partial charge < -0.3 is 8.80 Å². The zero-order valence-corrected chi connectivity index (χ0v) is 37.7. The predicted molar refractivity (Wildman–Crippen MR) is 277 cm³/mol. The second kappa shape index (κ2) is 11.4. The molecule has 4 nitrogen and oxygen atoms in total. The fraction of sp³-hybridized carbons (Fsp3) is 0.125. The number of benzene rings is 8. The molecular weight excluding hydrogens is 825 g/mol. The zero-order chi connectivity index (χ0) is 44.2. The summed E-state index contributed by atoms with van der Waals surface area (Å²) < 4.78 is 5.18. The molecule has 4 heteroatoms. The second-order valence-corrected chi connectivity index (χ2v) is 21.5. The van der Waals surface area contributed by atoms with Crippen molar-refractivity contribution in [2.45, 2.75) is 49.9 Å². The monoisotopic (exact) mass is 864 g/mol. The maximum atomic E-state index is 5.56. The van der Waals surface area contributed by atoms with Crippen LogP contribution in [0.25, 0.3) is 87.0 Å².